The van der Waals surface area contributed by atoms with Crippen molar-refractivity contribution in [3.05, 3.63) is 59.2 Å². The molecule has 2 nitrogen and oxygen atoms in total. The fraction of sp³-hybridized carbons (Fsp3) is 0.368. The molecule has 2 aromatic rings. The van der Waals surface area contributed by atoms with Crippen molar-refractivity contribution in [3.63, 3.8) is 0 Å². The van der Waals surface area contributed by atoms with Crippen molar-refractivity contribution >= 4 is 0 Å². The molecule has 0 unspecified atom stereocenters. The molecule has 112 valence electrons. The van der Waals surface area contributed by atoms with Gasteiger partial charge in [0.1, 0.15) is 0 Å². The van der Waals surface area contributed by atoms with E-state index < -0.39 is 0 Å². The summed E-state index contributed by atoms with van der Waals surface area (Å²) in [5.41, 5.74) is 6.59. The van der Waals surface area contributed by atoms with E-state index >= 15 is 0 Å². The zero-order valence-corrected chi connectivity index (χ0v) is 13.3. The third-order valence-electron chi connectivity index (χ3n) is 3.73. The maximum absolute atomic E-state index is 5.12. The fourth-order valence-electron chi connectivity index (χ4n) is 2.50. The van der Waals surface area contributed by atoms with Crippen LogP contribution >= 0.6 is 0 Å². The summed E-state index contributed by atoms with van der Waals surface area (Å²) >= 11 is 0. The van der Waals surface area contributed by atoms with Crippen LogP contribution in [0.5, 0.6) is 0 Å². The zero-order valence-electron chi connectivity index (χ0n) is 13.3. The highest BCUT2D eigenvalue weighted by molar-refractivity contribution is 5.67. The molecular formula is C19H25NO. The Morgan fingerprint density at radius 2 is 1.71 bits per heavy atom. The van der Waals surface area contributed by atoms with E-state index in [0.29, 0.717) is 0 Å². The second-order valence-electron chi connectivity index (χ2n) is 5.37. The van der Waals surface area contributed by atoms with Crippen molar-refractivity contribution < 1.29 is 4.74 Å². The van der Waals surface area contributed by atoms with Crippen LogP contribution < -0.4 is 5.32 Å². The highest BCUT2D eigenvalue weighted by Crippen LogP contribution is 2.24. The smallest absolute Gasteiger partial charge is 0.0502 e. The van der Waals surface area contributed by atoms with Crippen LogP contribution in [-0.2, 0) is 17.7 Å². The Balaban J connectivity index is 2.13. The SMILES string of the molecule is CCNCc1ccc(-c2ccc(CCOC)cc2)c(C)c1. The molecule has 21 heavy (non-hydrogen) atoms. The largest absolute Gasteiger partial charge is 0.384 e. The van der Waals surface area contributed by atoms with Gasteiger partial charge in [0.15, 0.2) is 0 Å². The van der Waals surface area contributed by atoms with Gasteiger partial charge in [-0.3, -0.25) is 0 Å². The topological polar surface area (TPSA) is 21.3 Å². The van der Waals surface area contributed by atoms with Crippen LogP contribution in [0.15, 0.2) is 42.5 Å². The van der Waals surface area contributed by atoms with Crippen LogP contribution in [0.1, 0.15) is 23.6 Å². The van der Waals surface area contributed by atoms with Crippen molar-refractivity contribution in [1.82, 2.24) is 5.32 Å². The first-order chi connectivity index (χ1) is 10.2. The minimum absolute atomic E-state index is 0.775. The van der Waals surface area contributed by atoms with Gasteiger partial charge in [0, 0.05) is 13.7 Å². The second-order valence-corrected chi connectivity index (χ2v) is 5.37. The van der Waals surface area contributed by atoms with E-state index in [0.717, 1.165) is 26.1 Å². The molecule has 1 N–H and O–H groups in total. The highest BCUT2D eigenvalue weighted by Gasteiger charge is 2.03. The van der Waals surface area contributed by atoms with Gasteiger partial charge in [-0.15, -0.1) is 0 Å². The van der Waals surface area contributed by atoms with Gasteiger partial charge in [0.2, 0.25) is 0 Å². The third kappa shape index (κ3) is 4.42. The molecule has 0 fully saturated rings. The molecule has 2 heteroatoms. The Kier molecular flexibility index (Phi) is 5.97. The van der Waals surface area contributed by atoms with Gasteiger partial charge >= 0.3 is 0 Å². The summed E-state index contributed by atoms with van der Waals surface area (Å²) in [7, 11) is 1.74. The normalized spacial score (nSPS) is 10.8. The molecule has 0 atom stereocenters. The number of ether oxygens (including phenoxy) is 1. The molecule has 0 heterocycles. The van der Waals surface area contributed by atoms with Gasteiger partial charge in [0.25, 0.3) is 0 Å². The van der Waals surface area contributed by atoms with E-state index in [4.69, 9.17) is 4.74 Å². The molecule has 0 saturated carbocycles. The van der Waals surface area contributed by atoms with Gasteiger partial charge < -0.3 is 10.1 Å². The van der Waals surface area contributed by atoms with Crippen LogP contribution in [0.3, 0.4) is 0 Å². The number of hydrogen-bond acceptors (Lipinski definition) is 2. The van der Waals surface area contributed by atoms with E-state index in [1.807, 2.05) is 0 Å². The molecular weight excluding hydrogens is 258 g/mol. The number of nitrogens with one attached hydrogen (secondary N) is 1. The van der Waals surface area contributed by atoms with Crippen molar-refractivity contribution in [2.75, 3.05) is 20.3 Å². The molecule has 0 bridgehead atoms. The summed E-state index contributed by atoms with van der Waals surface area (Å²) in [6, 6.07) is 15.5. The van der Waals surface area contributed by atoms with Crippen molar-refractivity contribution in [1.29, 1.82) is 0 Å². The third-order valence-corrected chi connectivity index (χ3v) is 3.73. The van der Waals surface area contributed by atoms with Crippen LogP contribution in [0, 0.1) is 6.92 Å². The minimum atomic E-state index is 0.775. The lowest BCUT2D eigenvalue weighted by atomic mass is 9.97. The summed E-state index contributed by atoms with van der Waals surface area (Å²) in [5.74, 6) is 0. The molecule has 0 spiro atoms. The lowest BCUT2D eigenvalue weighted by Crippen LogP contribution is -2.11. The average Bonchev–Trinajstić information content (AvgIpc) is 2.52. The second kappa shape index (κ2) is 7.96. The molecule has 0 amide bonds. The Labute approximate surface area is 128 Å². The van der Waals surface area contributed by atoms with E-state index in [1.54, 1.807) is 7.11 Å². The Morgan fingerprint density at radius 3 is 2.33 bits per heavy atom. The summed E-state index contributed by atoms with van der Waals surface area (Å²) in [6.45, 7) is 7.03. The summed E-state index contributed by atoms with van der Waals surface area (Å²) in [4.78, 5) is 0. The van der Waals surface area contributed by atoms with Gasteiger partial charge in [-0.25, -0.2) is 0 Å². The molecule has 2 aromatic carbocycles. The molecule has 0 aliphatic carbocycles. The molecule has 0 aliphatic heterocycles. The quantitative estimate of drug-likeness (QED) is 0.830. The molecule has 0 saturated heterocycles. The fourth-order valence-corrected chi connectivity index (χ4v) is 2.50. The lowest BCUT2D eigenvalue weighted by molar-refractivity contribution is 0.202. The van der Waals surface area contributed by atoms with Crippen molar-refractivity contribution in [2.24, 2.45) is 0 Å². The first-order valence-corrected chi connectivity index (χ1v) is 7.63. The minimum Gasteiger partial charge on any atom is -0.384 e. The van der Waals surface area contributed by atoms with E-state index in [1.165, 1.54) is 27.8 Å². The molecule has 0 aromatic heterocycles. The Bertz CT molecular complexity index is 560. The number of hydrogen-bond donors (Lipinski definition) is 1. The highest BCUT2D eigenvalue weighted by atomic mass is 16.5. The van der Waals surface area contributed by atoms with E-state index in [9.17, 15) is 0 Å². The van der Waals surface area contributed by atoms with Crippen LogP contribution in [0.25, 0.3) is 11.1 Å². The summed E-state index contributed by atoms with van der Waals surface area (Å²) < 4.78 is 5.12. The number of rotatable bonds is 7. The zero-order chi connectivity index (χ0) is 15.1. The van der Waals surface area contributed by atoms with Crippen molar-refractivity contribution in [2.45, 2.75) is 26.8 Å². The lowest BCUT2D eigenvalue weighted by Gasteiger charge is -2.10. The van der Waals surface area contributed by atoms with Gasteiger partial charge in [0.05, 0.1) is 6.61 Å². The standard InChI is InChI=1S/C19H25NO/c1-4-20-14-17-7-10-19(15(2)13-17)18-8-5-16(6-9-18)11-12-21-3/h5-10,13,20H,4,11-12,14H2,1-3H3. The number of methoxy groups -OCH3 is 1. The predicted octanol–water partition coefficient (Wildman–Crippen LogP) is 3.96. The summed E-state index contributed by atoms with van der Waals surface area (Å²) in [5, 5.41) is 3.37. The monoisotopic (exact) mass is 283 g/mol. The molecule has 2 rings (SSSR count). The van der Waals surface area contributed by atoms with Crippen molar-refractivity contribution in [3.8, 4) is 11.1 Å². The first-order valence-electron chi connectivity index (χ1n) is 7.63. The van der Waals surface area contributed by atoms with Crippen LogP contribution in [0.2, 0.25) is 0 Å². The van der Waals surface area contributed by atoms with Gasteiger partial charge in [-0.2, -0.15) is 0 Å². The van der Waals surface area contributed by atoms with Crippen LogP contribution in [-0.4, -0.2) is 20.3 Å². The molecule has 0 aliphatic rings. The van der Waals surface area contributed by atoms with Gasteiger partial charge in [-0.1, -0.05) is 49.4 Å². The number of benzene rings is 2. The maximum atomic E-state index is 5.12. The Morgan fingerprint density at radius 1 is 1.00 bits per heavy atom. The first kappa shape index (κ1) is 15.7. The Hall–Kier alpha value is -1.64. The summed E-state index contributed by atoms with van der Waals surface area (Å²) in [6.07, 6.45) is 0.970. The van der Waals surface area contributed by atoms with E-state index in [2.05, 4.69) is 61.6 Å². The van der Waals surface area contributed by atoms with Gasteiger partial charge in [-0.05, 0) is 47.7 Å². The average molecular weight is 283 g/mol. The van der Waals surface area contributed by atoms with Crippen LogP contribution in [0.4, 0.5) is 0 Å². The predicted molar refractivity (Wildman–Crippen MR) is 89.6 cm³/mol. The number of aryl methyl sites for hydroxylation is 1. The van der Waals surface area contributed by atoms with E-state index in [-0.39, 0.29) is 0 Å². The molecule has 0 radical (unpaired) electrons. The maximum Gasteiger partial charge on any atom is 0.0502 e.